The molecule has 1 aliphatic carbocycles. The van der Waals surface area contributed by atoms with Crippen LogP contribution in [0.3, 0.4) is 0 Å². The van der Waals surface area contributed by atoms with Crippen LogP contribution in [-0.2, 0) is 13.0 Å². The van der Waals surface area contributed by atoms with Gasteiger partial charge in [-0.25, -0.2) is 9.37 Å². The Bertz CT molecular complexity index is 1180. The third kappa shape index (κ3) is 6.00. The summed E-state index contributed by atoms with van der Waals surface area (Å²) in [6, 6.07) is 14.5. The van der Waals surface area contributed by atoms with E-state index in [2.05, 4.69) is 45.7 Å². The summed E-state index contributed by atoms with van der Waals surface area (Å²) in [4.78, 5) is 9.16. The van der Waals surface area contributed by atoms with Crippen LogP contribution < -0.4 is 0 Å². The Kier molecular flexibility index (Phi) is 8.11. The van der Waals surface area contributed by atoms with E-state index in [1.165, 1.54) is 5.56 Å². The summed E-state index contributed by atoms with van der Waals surface area (Å²) in [7, 11) is 0. The number of pyridine rings is 1. The standard InChI is InChI=1S/C28H27ClFN3/c29-18-6-2-5-11-26-32-27(23-12-14-25(30)15-13-23)28(24-16-19-31-20-17-24)33(26)21-7-10-22-8-3-1-4-9-22/h1,3-4,8-9,12,14,16-17,19-20H,2,6-7,10,13,15,18,21H2. The van der Waals surface area contributed by atoms with Crippen molar-refractivity contribution in [1.29, 1.82) is 0 Å². The molecule has 3 nitrogen and oxygen atoms in total. The van der Waals surface area contributed by atoms with Crippen LogP contribution in [0.15, 0.2) is 72.8 Å². The second kappa shape index (κ2) is 11.6. The average Bonchev–Trinajstić information content (AvgIpc) is 3.22. The Hall–Kier alpha value is -3.16. The molecule has 3 aromatic rings. The Labute approximate surface area is 200 Å². The molecule has 0 saturated carbocycles. The normalized spacial score (nSPS) is 13.2. The zero-order valence-corrected chi connectivity index (χ0v) is 19.4. The number of rotatable bonds is 8. The highest BCUT2D eigenvalue weighted by atomic mass is 35.5. The molecule has 0 bridgehead atoms. The highest BCUT2D eigenvalue weighted by molar-refractivity contribution is 6.17. The first-order chi connectivity index (χ1) is 16.3. The van der Waals surface area contributed by atoms with Crippen molar-refractivity contribution in [3.05, 3.63) is 89.9 Å². The molecule has 0 N–H and O–H groups in total. The largest absolute Gasteiger partial charge is 0.317 e. The van der Waals surface area contributed by atoms with Gasteiger partial charge in [-0.15, -0.1) is 11.6 Å². The molecule has 0 fully saturated rings. The van der Waals surface area contributed by atoms with E-state index in [9.17, 15) is 4.39 Å². The van der Waals surface area contributed by atoms with Crippen LogP contribution in [0, 0.1) is 11.8 Å². The Morgan fingerprint density at radius 1 is 1.00 bits per heavy atom. The van der Waals surface area contributed by atoms with Crippen LogP contribution in [0.25, 0.3) is 16.8 Å². The monoisotopic (exact) mass is 459 g/mol. The lowest BCUT2D eigenvalue weighted by molar-refractivity contribution is 0.590. The summed E-state index contributed by atoms with van der Waals surface area (Å²) in [6.07, 6.45) is 11.5. The van der Waals surface area contributed by atoms with Crippen molar-refractivity contribution in [2.45, 2.75) is 45.1 Å². The van der Waals surface area contributed by atoms with E-state index >= 15 is 0 Å². The quantitative estimate of drug-likeness (QED) is 0.207. The average molecular weight is 460 g/mol. The molecule has 5 heteroatoms. The van der Waals surface area contributed by atoms with E-state index in [4.69, 9.17) is 16.6 Å². The highest BCUT2D eigenvalue weighted by Gasteiger charge is 2.22. The number of halogens is 2. The number of hydrogen-bond acceptors (Lipinski definition) is 2. The smallest absolute Gasteiger partial charge is 0.186 e. The maximum atomic E-state index is 13.7. The predicted molar refractivity (Wildman–Crippen MR) is 133 cm³/mol. The van der Waals surface area contributed by atoms with Crippen molar-refractivity contribution in [3.8, 4) is 23.1 Å². The molecule has 0 radical (unpaired) electrons. The molecule has 0 spiro atoms. The summed E-state index contributed by atoms with van der Waals surface area (Å²) in [5.74, 6) is 7.77. The molecule has 1 aliphatic rings. The van der Waals surface area contributed by atoms with Crippen LogP contribution in [0.4, 0.5) is 4.39 Å². The summed E-state index contributed by atoms with van der Waals surface area (Å²) in [5, 5.41) is 0. The van der Waals surface area contributed by atoms with Gasteiger partial charge in [0.25, 0.3) is 0 Å². The molecule has 2 heterocycles. The fourth-order valence-corrected chi connectivity index (χ4v) is 4.12. The minimum absolute atomic E-state index is 0.0902. The topological polar surface area (TPSA) is 30.7 Å². The van der Waals surface area contributed by atoms with E-state index in [-0.39, 0.29) is 5.83 Å². The van der Waals surface area contributed by atoms with Crippen molar-refractivity contribution < 1.29 is 4.39 Å². The number of imidazole rings is 1. The fourth-order valence-electron chi connectivity index (χ4n) is 3.98. The first-order valence-electron chi connectivity index (χ1n) is 11.4. The summed E-state index contributed by atoms with van der Waals surface area (Å²) < 4.78 is 15.9. The molecule has 0 aliphatic heterocycles. The number of unbranched alkanes of at least 4 members (excludes halogenated alkanes) is 1. The minimum atomic E-state index is -0.0902. The Morgan fingerprint density at radius 3 is 2.55 bits per heavy atom. The van der Waals surface area contributed by atoms with Crippen LogP contribution in [-0.4, -0.2) is 20.4 Å². The van der Waals surface area contributed by atoms with Gasteiger partial charge in [-0.05, 0) is 60.9 Å². The molecule has 0 saturated heterocycles. The van der Waals surface area contributed by atoms with Gasteiger partial charge in [0.1, 0.15) is 5.83 Å². The van der Waals surface area contributed by atoms with E-state index < -0.39 is 0 Å². The van der Waals surface area contributed by atoms with Crippen molar-refractivity contribution in [3.63, 3.8) is 0 Å². The molecule has 2 aromatic heterocycles. The second-order valence-electron chi connectivity index (χ2n) is 8.01. The number of alkyl halides is 1. The number of hydrogen-bond donors (Lipinski definition) is 0. The first kappa shape index (κ1) is 23.0. The number of aromatic nitrogens is 3. The number of nitrogens with zero attached hydrogens (tertiary/aromatic N) is 3. The van der Waals surface area contributed by atoms with E-state index in [0.717, 1.165) is 60.6 Å². The minimum Gasteiger partial charge on any atom is -0.317 e. The number of allylic oxidation sites excluding steroid dienone is 4. The van der Waals surface area contributed by atoms with Gasteiger partial charge in [-0.2, -0.15) is 0 Å². The van der Waals surface area contributed by atoms with Gasteiger partial charge in [0.2, 0.25) is 0 Å². The molecule has 0 amide bonds. The summed E-state index contributed by atoms with van der Waals surface area (Å²) in [6.45, 7) is 0.788. The molecular weight excluding hydrogens is 433 g/mol. The molecule has 0 atom stereocenters. The van der Waals surface area contributed by atoms with Crippen molar-refractivity contribution >= 4 is 17.2 Å². The molecule has 33 heavy (non-hydrogen) atoms. The zero-order valence-electron chi connectivity index (χ0n) is 18.6. The number of benzene rings is 1. The van der Waals surface area contributed by atoms with Crippen LogP contribution in [0.1, 0.15) is 49.2 Å². The zero-order chi connectivity index (χ0) is 22.9. The van der Waals surface area contributed by atoms with Gasteiger partial charge >= 0.3 is 0 Å². The van der Waals surface area contributed by atoms with Crippen LogP contribution >= 0.6 is 11.6 Å². The van der Waals surface area contributed by atoms with E-state index in [1.807, 2.05) is 24.3 Å². The van der Waals surface area contributed by atoms with Gasteiger partial charge in [-0.3, -0.25) is 4.98 Å². The third-order valence-corrected chi connectivity index (χ3v) is 5.92. The molecule has 0 unspecified atom stereocenters. The maximum Gasteiger partial charge on any atom is 0.186 e. The van der Waals surface area contributed by atoms with Crippen LogP contribution in [0.5, 0.6) is 0 Å². The molecular formula is C28H27ClFN3. The maximum absolute atomic E-state index is 13.7. The van der Waals surface area contributed by atoms with Gasteiger partial charge in [0.05, 0.1) is 11.4 Å². The molecule has 4 rings (SSSR count). The molecule has 1 aromatic carbocycles. The van der Waals surface area contributed by atoms with Gasteiger partial charge in [-0.1, -0.05) is 42.3 Å². The first-order valence-corrected chi connectivity index (χ1v) is 11.9. The van der Waals surface area contributed by atoms with Gasteiger partial charge in [0.15, 0.2) is 5.82 Å². The predicted octanol–water partition coefficient (Wildman–Crippen LogP) is 6.98. The SMILES string of the molecule is FC1=CC=C(c2nc(C#CCCCCl)n(CCCc3ccccc3)c2-c2ccncc2)CC1. The lowest BCUT2D eigenvalue weighted by Crippen LogP contribution is -2.05. The Balaban J connectivity index is 1.75. The third-order valence-electron chi connectivity index (χ3n) is 5.65. The van der Waals surface area contributed by atoms with Gasteiger partial charge < -0.3 is 4.57 Å². The summed E-state index contributed by atoms with van der Waals surface area (Å²) in [5.41, 5.74) is 5.29. The molecule has 168 valence electrons. The number of aryl methyl sites for hydroxylation is 1. The Morgan fingerprint density at radius 2 is 1.82 bits per heavy atom. The lowest BCUT2D eigenvalue weighted by atomic mass is 9.98. The van der Waals surface area contributed by atoms with Gasteiger partial charge in [0, 0.05) is 43.2 Å². The summed E-state index contributed by atoms with van der Waals surface area (Å²) >= 11 is 5.83. The van der Waals surface area contributed by atoms with Crippen molar-refractivity contribution in [2.75, 3.05) is 5.88 Å². The van der Waals surface area contributed by atoms with E-state index in [0.29, 0.717) is 18.7 Å². The van der Waals surface area contributed by atoms with Crippen LogP contribution in [0.2, 0.25) is 0 Å². The van der Waals surface area contributed by atoms with E-state index in [1.54, 1.807) is 18.5 Å². The second-order valence-corrected chi connectivity index (χ2v) is 8.39. The highest BCUT2D eigenvalue weighted by Crippen LogP contribution is 2.35. The van der Waals surface area contributed by atoms with Crippen molar-refractivity contribution in [1.82, 2.24) is 14.5 Å². The van der Waals surface area contributed by atoms with Crippen molar-refractivity contribution in [2.24, 2.45) is 0 Å². The fraction of sp³-hybridized carbons (Fsp3) is 0.286. The lowest BCUT2D eigenvalue weighted by Gasteiger charge is -2.14.